The van der Waals surface area contributed by atoms with E-state index in [1.165, 1.54) is 28.8 Å². The Balaban J connectivity index is 1.65. The number of hydrogen-bond donors (Lipinski definition) is 0. The Morgan fingerprint density at radius 2 is 1.82 bits per heavy atom. The third kappa shape index (κ3) is 3.80. The van der Waals surface area contributed by atoms with Crippen LogP contribution in [-0.2, 0) is 13.0 Å². The van der Waals surface area contributed by atoms with E-state index in [4.69, 9.17) is 0 Å². The maximum absolute atomic E-state index is 13.8. The summed E-state index contributed by atoms with van der Waals surface area (Å²) in [6.07, 6.45) is 2.91. The number of amides is 1. The molecule has 2 aromatic carbocycles. The average Bonchev–Trinajstić information content (AvgIpc) is 2.81. The molecule has 0 saturated heterocycles. The van der Waals surface area contributed by atoms with Crippen LogP contribution < -0.4 is 10.5 Å². The van der Waals surface area contributed by atoms with Crippen molar-refractivity contribution in [2.75, 3.05) is 4.90 Å². The van der Waals surface area contributed by atoms with E-state index in [-0.39, 0.29) is 29.8 Å². The summed E-state index contributed by atoms with van der Waals surface area (Å²) >= 11 is 0. The Labute approximate surface area is 188 Å². The predicted molar refractivity (Wildman–Crippen MR) is 122 cm³/mol. The number of nitrogens with zero attached hydrogens (tertiary/aromatic N) is 3. The molecule has 0 N–H and O–H groups in total. The minimum Gasteiger partial charge on any atom is -0.305 e. The van der Waals surface area contributed by atoms with Gasteiger partial charge in [-0.2, -0.15) is 0 Å². The van der Waals surface area contributed by atoms with E-state index in [2.05, 4.69) is 4.98 Å². The molecule has 5 nitrogen and oxygen atoms in total. The molecule has 0 aliphatic carbocycles. The van der Waals surface area contributed by atoms with Crippen molar-refractivity contribution in [2.45, 2.75) is 32.4 Å². The van der Waals surface area contributed by atoms with E-state index in [1.807, 2.05) is 6.92 Å². The number of hydrogen-bond acceptors (Lipinski definition) is 3. The van der Waals surface area contributed by atoms with Crippen molar-refractivity contribution in [2.24, 2.45) is 0 Å². The number of rotatable bonds is 3. The number of fused-ring (bicyclic) bond motifs is 2. The Morgan fingerprint density at radius 3 is 2.61 bits per heavy atom. The van der Waals surface area contributed by atoms with E-state index < -0.39 is 11.5 Å². The van der Waals surface area contributed by atoms with Crippen LogP contribution in [-0.4, -0.2) is 21.5 Å². The molecule has 0 fully saturated rings. The molecule has 33 heavy (non-hydrogen) atoms. The molecule has 3 heterocycles. The lowest BCUT2D eigenvalue weighted by atomic mass is 9.95. The van der Waals surface area contributed by atoms with Gasteiger partial charge in [-0.1, -0.05) is 12.1 Å². The van der Waals surface area contributed by atoms with Gasteiger partial charge in [0.15, 0.2) is 0 Å². The Morgan fingerprint density at radius 1 is 1.06 bits per heavy atom. The maximum Gasteiger partial charge on any atom is 0.265 e. The second-order valence-electron chi connectivity index (χ2n) is 8.33. The molecule has 0 bridgehead atoms. The molecule has 0 radical (unpaired) electrons. The molecular formula is C26H21F2N3O2. The van der Waals surface area contributed by atoms with Crippen LogP contribution in [0.25, 0.3) is 11.0 Å². The van der Waals surface area contributed by atoms with Crippen molar-refractivity contribution in [3.8, 4) is 0 Å². The highest BCUT2D eigenvalue weighted by Crippen LogP contribution is 2.32. The van der Waals surface area contributed by atoms with Crippen LogP contribution in [0.5, 0.6) is 0 Å². The summed E-state index contributed by atoms with van der Waals surface area (Å²) in [5, 5.41) is 0.645. The summed E-state index contributed by atoms with van der Waals surface area (Å²) in [5.74, 6) is -1.15. The van der Waals surface area contributed by atoms with Gasteiger partial charge in [0.2, 0.25) is 0 Å². The lowest BCUT2D eigenvalue weighted by Gasteiger charge is -2.35. The minimum atomic E-state index is -0.475. The number of halogens is 2. The van der Waals surface area contributed by atoms with Crippen LogP contribution in [0.15, 0.2) is 71.7 Å². The van der Waals surface area contributed by atoms with Crippen molar-refractivity contribution in [3.05, 3.63) is 106 Å². The van der Waals surface area contributed by atoms with Crippen molar-refractivity contribution in [3.63, 3.8) is 0 Å². The fourth-order valence-electron chi connectivity index (χ4n) is 4.44. The molecule has 5 rings (SSSR count). The predicted octanol–water partition coefficient (Wildman–Crippen LogP) is 4.70. The van der Waals surface area contributed by atoms with Gasteiger partial charge in [-0.25, -0.2) is 13.8 Å². The first-order valence-electron chi connectivity index (χ1n) is 10.8. The highest BCUT2D eigenvalue weighted by molar-refractivity contribution is 6.08. The molecule has 1 amide bonds. The number of aryl methyl sites for hydroxylation is 1. The second kappa shape index (κ2) is 8.24. The third-order valence-corrected chi connectivity index (χ3v) is 6.12. The number of benzene rings is 2. The van der Waals surface area contributed by atoms with Gasteiger partial charge in [0.1, 0.15) is 22.8 Å². The first-order valence-corrected chi connectivity index (χ1v) is 10.8. The number of carbonyl (C=O) groups excluding carboxylic acids is 1. The monoisotopic (exact) mass is 445 g/mol. The van der Waals surface area contributed by atoms with Crippen LogP contribution in [0.1, 0.15) is 34.8 Å². The van der Waals surface area contributed by atoms with Gasteiger partial charge in [-0.3, -0.25) is 14.2 Å². The highest BCUT2D eigenvalue weighted by atomic mass is 19.1. The highest BCUT2D eigenvalue weighted by Gasteiger charge is 2.31. The minimum absolute atomic E-state index is 0.0154. The van der Waals surface area contributed by atoms with Crippen LogP contribution in [0, 0.1) is 11.6 Å². The molecule has 166 valence electrons. The zero-order valence-corrected chi connectivity index (χ0v) is 18.0. The molecule has 1 atom stereocenters. The van der Waals surface area contributed by atoms with E-state index in [0.717, 1.165) is 5.56 Å². The number of anilines is 1. The van der Waals surface area contributed by atoms with Gasteiger partial charge in [-0.05, 0) is 79.4 Å². The van der Waals surface area contributed by atoms with Crippen molar-refractivity contribution in [1.29, 1.82) is 0 Å². The largest absolute Gasteiger partial charge is 0.305 e. The van der Waals surface area contributed by atoms with Crippen molar-refractivity contribution in [1.82, 2.24) is 9.55 Å². The van der Waals surface area contributed by atoms with Gasteiger partial charge < -0.3 is 4.90 Å². The molecule has 7 heteroatoms. The van der Waals surface area contributed by atoms with E-state index in [1.54, 1.807) is 47.5 Å². The topological polar surface area (TPSA) is 55.2 Å². The van der Waals surface area contributed by atoms with Crippen LogP contribution >= 0.6 is 0 Å². The molecule has 2 aromatic heterocycles. The second-order valence-corrected chi connectivity index (χ2v) is 8.33. The van der Waals surface area contributed by atoms with Gasteiger partial charge in [0.05, 0.1) is 6.54 Å². The fourth-order valence-corrected chi connectivity index (χ4v) is 4.44. The zero-order valence-electron chi connectivity index (χ0n) is 18.0. The molecule has 1 unspecified atom stereocenters. The summed E-state index contributed by atoms with van der Waals surface area (Å²) in [5.41, 5.74) is 2.06. The molecule has 0 spiro atoms. The number of pyridine rings is 2. The molecule has 1 aliphatic heterocycles. The van der Waals surface area contributed by atoms with E-state index >= 15 is 0 Å². The Kier molecular flexibility index (Phi) is 5.24. The first-order chi connectivity index (χ1) is 15.9. The average molecular weight is 445 g/mol. The number of carbonyl (C=O) groups is 1. The first kappa shape index (κ1) is 21.0. The van der Waals surface area contributed by atoms with Gasteiger partial charge in [0.25, 0.3) is 11.5 Å². The zero-order chi connectivity index (χ0) is 23.1. The maximum atomic E-state index is 13.8. The molecule has 0 saturated carbocycles. The van der Waals surface area contributed by atoms with E-state index in [0.29, 0.717) is 35.1 Å². The Bertz CT molecular complexity index is 1430. The summed E-state index contributed by atoms with van der Waals surface area (Å²) in [4.78, 5) is 33.2. The lowest BCUT2D eigenvalue weighted by Crippen LogP contribution is -2.44. The lowest BCUT2D eigenvalue weighted by molar-refractivity contribution is 0.0973. The summed E-state index contributed by atoms with van der Waals surface area (Å²) < 4.78 is 28.6. The summed E-state index contributed by atoms with van der Waals surface area (Å²) in [7, 11) is 0. The number of aromatic nitrogens is 2. The van der Waals surface area contributed by atoms with Crippen molar-refractivity contribution < 1.29 is 13.6 Å². The van der Waals surface area contributed by atoms with E-state index in [9.17, 15) is 18.4 Å². The molecule has 1 aliphatic rings. The Hall–Kier alpha value is -3.87. The van der Waals surface area contributed by atoms with Crippen LogP contribution in [0.4, 0.5) is 14.5 Å². The normalized spacial score (nSPS) is 15.5. The SMILES string of the molecule is CC1CCc2cc(F)ccc2N1C(=O)c1cc2cccnc2n(Cc2ccc(F)cc2)c1=O. The standard InChI is InChI=1S/C26H21F2N3O2/c1-16-4-7-18-13-21(28)10-11-23(18)31(16)26(33)22-14-19-3-2-12-29-24(19)30(25(22)32)15-17-5-8-20(27)9-6-17/h2-3,5-6,8-14,16H,4,7,15H2,1H3. The summed E-state index contributed by atoms with van der Waals surface area (Å²) in [6, 6.07) is 15.2. The quantitative estimate of drug-likeness (QED) is 0.459. The third-order valence-electron chi connectivity index (χ3n) is 6.12. The fraction of sp³-hybridized carbons (Fsp3) is 0.192. The van der Waals surface area contributed by atoms with Gasteiger partial charge in [-0.15, -0.1) is 0 Å². The van der Waals surface area contributed by atoms with Gasteiger partial charge in [0, 0.05) is 23.3 Å². The molecular weight excluding hydrogens is 424 g/mol. The van der Waals surface area contributed by atoms with Crippen LogP contribution in [0.3, 0.4) is 0 Å². The van der Waals surface area contributed by atoms with Crippen molar-refractivity contribution >= 4 is 22.6 Å². The smallest absolute Gasteiger partial charge is 0.265 e. The van der Waals surface area contributed by atoms with Gasteiger partial charge >= 0.3 is 0 Å². The van der Waals surface area contributed by atoms with Crippen LogP contribution in [0.2, 0.25) is 0 Å². The molecule has 4 aromatic rings. The summed E-state index contributed by atoms with van der Waals surface area (Å²) in [6.45, 7) is 2.06.